The summed E-state index contributed by atoms with van der Waals surface area (Å²) in [5.41, 5.74) is 0. The Morgan fingerprint density at radius 3 is 2.45 bits per heavy atom. The molecule has 5 nitrogen and oxygen atoms in total. The maximum Gasteiger partial charge on any atom is 0.303 e. The smallest absolute Gasteiger partial charge is 0.303 e. The van der Waals surface area contributed by atoms with Crippen molar-refractivity contribution in [1.29, 1.82) is 0 Å². The molecule has 5 heteroatoms. The number of aliphatic hydroxyl groups excluding tert-OH is 3. The zero-order valence-electron chi connectivity index (χ0n) is 11.8. The van der Waals surface area contributed by atoms with Crippen LogP contribution in [0.3, 0.4) is 0 Å². The summed E-state index contributed by atoms with van der Waals surface area (Å²) in [6.45, 7) is 0.235. The molecule has 0 aromatic heterocycles. The number of carboxylic acids is 1. The first-order chi connectivity index (χ1) is 9.56. The Bertz CT molecular complexity index is 315. The molecule has 0 spiro atoms. The standard InChI is InChI=1S/C15H26O5/c16-8-6-4-2-1-3-5-7-11-12(9-15(19)20)14(18)10-13(11)17/h5,7,11-14,16-18H,1-4,6,8-10H2,(H,19,20)/t11-,12-,13-,14+/m1/s1. The quantitative estimate of drug-likeness (QED) is 0.378. The molecule has 0 amide bonds. The second-order valence-electron chi connectivity index (χ2n) is 5.56. The van der Waals surface area contributed by atoms with Crippen molar-refractivity contribution in [2.24, 2.45) is 11.8 Å². The first-order valence-electron chi connectivity index (χ1n) is 7.41. The Morgan fingerprint density at radius 2 is 1.80 bits per heavy atom. The van der Waals surface area contributed by atoms with E-state index in [1.807, 2.05) is 12.2 Å². The normalized spacial score (nSPS) is 30.1. The third kappa shape index (κ3) is 5.61. The van der Waals surface area contributed by atoms with E-state index in [4.69, 9.17) is 10.2 Å². The molecule has 0 aliphatic heterocycles. The van der Waals surface area contributed by atoms with Crippen LogP contribution in [0.5, 0.6) is 0 Å². The largest absolute Gasteiger partial charge is 0.481 e. The number of rotatable bonds is 9. The van der Waals surface area contributed by atoms with Crippen LogP contribution < -0.4 is 0 Å². The Morgan fingerprint density at radius 1 is 1.10 bits per heavy atom. The van der Waals surface area contributed by atoms with Gasteiger partial charge < -0.3 is 20.4 Å². The molecule has 0 heterocycles. The van der Waals surface area contributed by atoms with E-state index in [-0.39, 0.29) is 25.4 Å². The van der Waals surface area contributed by atoms with Crippen LogP contribution in [0, 0.1) is 11.8 Å². The highest BCUT2D eigenvalue weighted by Crippen LogP contribution is 2.36. The van der Waals surface area contributed by atoms with Crippen LogP contribution in [0.1, 0.15) is 44.9 Å². The van der Waals surface area contributed by atoms with Gasteiger partial charge in [-0.2, -0.15) is 0 Å². The maximum atomic E-state index is 10.8. The number of allylic oxidation sites excluding steroid dienone is 1. The molecule has 0 aromatic rings. The lowest BCUT2D eigenvalue weighted by atomic mass is 9.90. The minimum Gasteiger partial charge on any atom is -0.481 e. The van der Waals surface area contributed by atoms with Gasteiger partial charge in [-0.05, 0) is 19.3 Å². The van der Waals surface area contributed by atoms with Crippen LogP contribution in [0.25, 0.3) is 0 Å². The fourth-order valence-electron chi connectivity index (χ4n) is 2.85. The fraction of sp³-hybridized carbons (Fsp3) is 0.800. The summed E-state index contributed by atoms with van der Waals surface area (Å²) in [5, 5.41) is 37.2. The number of aliphatic hydroxyl groups is 3. The average Bonchev–Trinajstić information content (AvgIpc) is 2.63. The summed E-state index contributed by atoms with van der Waals surface area (Å²) in [5.74, 6) is -1.60. The highest BCUT2D eigenvalue weighted by atomic mass is 16.4. The summed E-state index contributed by atoms with van der Waals surface area (Å²) >= 11 is 0. The molecule has 0 radical (unpaired) electrons. The van der Waals surface area contributed by atoms with Crippen molar-refractivity contribution in [3.63, 3.8) is 0 Å². The van der Waals surface area contributed by atoms with E-state index in [0.29, 0.717) is 0 Å². The summed E-state index contributed by atoms with van der Waals surface area (Å²) in [6, 6.07) is 0. The van der Waals surface area contributed by atoms with Gasteiger partial charge in [-0.3, -0.25) is 4.79 Å². The van der Waals surface area contributed by atoms with Crippen LogP contribution in [-0.2, 0) is 4.79 Å². The summed E-state index contributed by atoms with van der Waals surface area (Å²) in [6.07, 6.45) is 7.39. The summed E-state index contributed by atoms with van der Waals surface area (Å²) in [7, 11) is 0. The predicted molar refractivity (Wildman–Crippen MR) is 75.2 cm³/mol. The molecular weight excluding hydrogens is 260 g/mol. The van der Waals surface area contributed by atoms with Gasteiger partial charge in [0.2, 0.25) is 0 Å². The molecule has 4 N–H and O–H groups in total. The zero-order chi connectivity index (χ0) is 15.0. The van der Waals surface area contributed by atoms with Crippen LogP contribution in [0.2, 0.25) is 0 Å². The second kappa shape index (κ2) is 9.10. The number of carbonyl (C=O) groups is 1. The third-order valence-electron chi connectivity index (χ3n) is 3.96. The maximum absolute atomic E-state index is 10.8. The van der Waals surface area contributed by atoms with E-state index in [2.05, 4.69) is 0 Å². The van der Waals surface area contributed by atoms with E-state index in [1.165, 1.54) is 0 Å². The summed E-state index contributed by atoms with van der Waals surface area (Å²) in [4.78, 5) is 10.8. The molecule has 1 aliphatic carbocycles. The SMILES string of the molecule is O=C(O)C[C@@H]1[C@@H](C=CCCCCCCO)[C@H](O)C[C@@H]1O. The van der Waals surface area contributed by atoms with Gasteiger partial charge in [0.1, 0.15) is 0 Å². The van der Waals surface area contributed by atoms with Crippen molar-refractivity contribution >= 4 is 5.97 Å². The molecular formula is C15H26O5. The Labute approximate surface area is 119 Å². The van der Waals surface area contributed by atoms with Gasteiger partial charge in [0.15, 0.2) is 0 Å². The van der Waals surface area contributed by atoms with Gasteiger partial charge in [0, 0.05) is 24.9 Å². The van der Waals surface area contributed by atoms with Gasteiger partial charge >= 0.3 is 5.97 Å². The number of hydrogen-bond acceptors (Lipinski definition) is 4. The van der Waals surface area contributed by atoms with Gasteiger partial charge in [-0.25, -0.2) is 0 Å². The average molecular weight is 286 g/mol. The minimum absolute atomic E-state index is 0.107. The minimum atomic E-state index is -0.939. The molecule has 0 saturated heterocycles. The van der Waals surface area contributed by atoms with E-state index >= 15 is 0 Å². The lowest BCUT2D eigenvalue weighted by Gasteiger charge is -2.18. The highest BCUT2D eigenvalue weighted by molar-refractivity contribution is 5.67. The Kier molecular flexibility index (Phi) is 7.80. The van der Waals surface area contributed by atoms with Gasteiger partial charge in [-0.15, -0.1) is 0 Å². The molecule has 0 unspecified atom stereocenters. The molecule has 0 aromatic carbocycles. The topological polar surface area (TPSA) is 98.0 Å². The zero-order valence-corrected chi connectivity index (χ0v) is 11.8. The van der Waals surface area contributed by atoms with E-state index in [9.17, 15) is 15.0 Å². The fourth-order valence-corrected chi connectivity index (χ4v) is 2.85. The number of hydrogen-bond donors (Lipinski definition) is 4. The number of unbranched alkanes of at least 4 members (excludes halogenated alkanes) is 4. The van der Waals surface area contributed by atoms with E-state index in [1.54, 1.807) is 0 Å². The molecule has 1 fully saturated rings. The van der Waals surface area contributed by atoms with Crippen LogP contribution >= 0.6 is 0 Å². The van der Waals surface area contributed by atoms with E-state index < -0.39 is 24.1 Å². The Hall–Kier alpha value is -0.910. The van der Waals surface area contributed by atoms with Crippen molar-refractivity contribution in [1.82, 2.24) is 0 Å². The van der Waals surface area contributed by atoms with Crippen molar-refractivity contribution in [3.05, 3.63) is 12.2 Å². The van der Waals surface area contributed by atoms with Crippen molar-refractivity contribution < 1.29 is 25.2 Å². The lowest BCUT2D eigenvalue weighted by Crippen LogP contribution is -2.23. The van der Waals surface area contributed by atoms with Crippen molar-refractivity contribution in [2.75, 3.05) is 6.61 Å². The lowest BCUT2D eigenvalue weighted by molar-refractivity contribution is -0.139. The van der Waals surface area contributed by atoms with Crippen molar-refractivity contribution in [2.45, 2.75) is 57.2 Å². The predicted octanol–water partition coefficient (Wildman–Crippen LogP) is 1.32. The van der Waals surface area contributed by atoms with Gasteiger partial charge in [0.25, 0.3) is 0 Å². The first-order valence-corrected chi connectivity index (χ1v) is 7.41. The van der Waals surface area contributed by atoms with Gasteiger partial charge in [-0.1, -0.05) is 25.0 Å². The molecule has 1 rings (SSSR count). The number of carboxylic acid groups (broad SMARTS) is 1. The molecule has 116 valence electrons. The monoisotopic (exact) mass is 286 g/mol. The highest BCUT2D eigenvalue weighted by Gasteiger charge is 2.41. The van der Waals surface area contributed by atoms with Crippen LogP contribution in [-0.4, -0.2) is 45.2 Å². The summed E-state index contributed by atoms with van der Waals surface area (Å²) < 4.78 is 0. The third-order valence-corrected chi connectivity index (χ3v) is 3.96. The Balaban J connectivity index is 2.36. The molecule has 1 aliphatic rings. The van der Waals surface area contributed by atoms with Gasteiger partial charge in [0.05, 0.1) is 18.6 Å². The molecule has 20 heavy (non-hydrogen) atoms. The second-order valence-corrected chi connectivity index (χ2v) is 5.56. The molecule has 1 saturated carbocycles. The number of aliphatic carboxylic acids is 1. The van der Waals surface area contributed by atoms with E-state index in [0.717, 1.165) is 32.1 Å². The van der Waals surface area contributed by atoms with Crippen LogP contribution in [0.4, 0.5) is 0 Å². The molecule has 4 atom stereocenters. The van der Waals surface area contributed by atoms with Crippen molar-refractivity contribution in [3.8, 4) is 0 Å². The first kappa shape index (κ1) is 17.1. The molecule has 0 bridgehead atoms. The van der Waals surface area contributed by atoms with Crippen LogP contribution in [0.15, 0.2) is 12.2 Å².